The van der Waals surface area contributed by atoms with Crippen LogP contribution in [-0.4, -0.2) is 50.4 Å². The number of rotatable bonds is 2. The second-order valence-electron chi connectivity index (χ2n) is 6.58. The summed E-state index contributed by atoms with van der Waals surface area (Å²) in [7, 11) is 1.00. The summed E-state index contributed by atoms with van der Waals surface area (Å²) in [4.78, 5) is 4.94. The van der Waals surface area contributed by atoms with Crippen LogP contribution in [0.5, 0.6) is 0 Å². The van der Waals surface area contributed by atoms with Crippen LogP contribution in [0.25, 0.3) is 0 Å². The van der Waals surface area contributed by atoms with E-state index in [4.69, 9.17) is 10.8 Å². The number of nitrogens with one attached hydrogen (secondary N) is 1. The van der Waals surface area contributed by atoms with E-state index < -0.39 is 0 Å². The van der Waals surface area contributed by atoms with Gasteiger partial charge in [-0.1, -0.05) is 18.3 Å². The highest BCUT2D eigenvalue weighted by molar-refractivity contribution is 7.78. The number of hydrogen-bond donors (Lipinski definition) is 4. The SMILES string of the molecule is CO.NC=S.Nc1ccc(N2CCN(c3ccc4c(c3)CNCC4)CC2)cc1. The van der Waals surface area contributed by atoms with Gasteiger partial charge in [-0.3, -0.25) is 0 Å². The quantitative estimate of drug-likeness (QED) is 0.450. The number of aliphatic hydroxyl groups is 1. The molecule has 28 heavy (non-hydrogen) atoms. The van der Waals surface area contributed by atoms with Crippen molar-refractivity contribution in [3.8, 4) is 0 Å². The predicted molar refractivity (Wildman–Crippen MR) is 123 cm³/mol. The van der Waals surface area contributed by atoms with Gasteiger partial charge in [-0.2, -0.15) is 0 Å². The number of anilines is 3. The van der Waals surface area contributed by atoms with Crippen LogP contribution in [0.15, 0.2) is 42.5 Å². The van der Waals surface area contributed by atoms with Crippen LogP contribution in [0.2, 0.25) is 0 Å². The first kappa shape index (κ1) is 21.9. The summed E-state index contributed by atoms with van der Waals surface area (Å²) in [6.07, 6.45) is 1.15. The fourth-order valence-corrected chi connectivity index (χ4v) is 3.57. The highest BCUT2D eigenvalue weighted by Gasteiger charge is 2.19. The lowest BCUT2D eigenvalue weighted by Gasteiger charge is -2.37. The maximum atomic E-state index is 7.00. The molecule has 0 saturated carbocycles. The molecule has 0 bridgehead atoms. The van der Waals surface area contributed by atoms with Crippen LogP contribution in [-0.2, 0) is 13.0 Å². The maximum Gasteiger partial charge on any atom is 0.0588 e. The topological polar surface area (TPSA) is 90.8 Å². The van der Waals surface area contributed by atoms with Gasteiger partial charge in [0.2, 0.25) is 0 Å². The predicted octanol–water partition coefficient (Wildman–Crippen LogP) is 1.75. The summed E-state index contributed by atoms with van der Waals surface area (Å²) in [5, 5.41) is 10.5. The lowest BCUT2D eigenvalue weighted by molar-refractivity contribution is 0.399. The average molecular weight is 402 g/mol. The van der Waals surface area contributed by atoms with Crippen molar-refractivity contribution in [2.45, 2.75) is 13.0 Å². The van der Waals surface area contributed by atoms with Crippen LogP contribution in [0.3, 0.4) is 0 Å². The highest BCUT2D eigenvalue weighted by atomic mass is 32.1. The van der Waals surface area contributed by atoms with E-state index in [0.29, 0.717) is 0 Å². The minimum absolute atomic E-state index is 0.829. The van der Waals surface area contributed by atoms with Crippen LogP contribution in [0.1, 0.15) is 11.1 Å². The van der Waals surface area contributed by atoms with Crippen molar-refractivity contribution in [3.63, 3.8) is 0 Å². The largest absolute Gasteiger partial charge is 0.400 e. The Labute approximate surface area is 173 Å². The molecule has 2 aromatic rings. The number of hydrogen-bond acceptors (Lipinski definition) is 6. The summed E-state index contributed by atoms with van der Waals surface area (Å²) in [5.41, 5.74) is 17.8. The molecular formula is C21H31N5OS. The molecule has 0 aromatic heterocycles. The van der Waals surface area contributed by atoms with E-state index in [-0.39, 0.29) is 0 Å². The molecule has 152 valence electrons. The number of fused-ring (bicyclic) bond motifs is 1. The summed E-state index contributed by atoms with van der Waals surface area (Å²) in [6, 6.07) is 15.2. The lowest BCUT2D eigenvalue weighted by atomic mass is 10.00. The van der Waals surface area contributed by atoms with Gasteiger partial charge in [0, 0.05) is 56.9 Å². The van der Waals surface area contributed by atoms with Crippen molar-refractivity contribution >= 4 is 34.8 Å². The number of benzene rings is 2. The molecule has 2 aromatic carbocycles. The Morgan fingerprint density at radius 3 is 2.07 bits per heavy atom. The number of thiocarbonyl (C=S) groups is 1. The third-order valence-electron chi connectivity index (χ3n) is 4.98. The van der Waals surface area contributed by atoms with Crippen molar-refractivity contribution < 1.29 is 5.11 Å². The monoisotopic (exact) mass is 401 g/mol. The van der Waals surface area contributed by atoms with E-state index in [9.17, 15) is 0 Å². The van der Waals surface area contributed by atoms with E-state index >= 15 is 0 Å². The first-order chi connectivity index (χ1) is 13.7. The van der Waals surface area contributed by atoms with Crippen molar-refractivity contribution in [2.24, 2.45) is 5.73 Å². The zero-order chi connectivity index (χ0) is 20.4. The third-order valence-corrected chi connectivity index (χ3v) is 4.98. The Morgan fingerprint density at radius 2 is 1.46 bits per heavy atom. The molecule has 1 saturated heterocycles. The summed E-state index contributed by atoms with van der Waals surface area (Å²) < 4.78 is 0. The second-order valence-corrected chi connectivity index (χ2v) is 6.85. The zero-order valence-electron chi connectivity index (χ0n) is 16.5. The van der Waals surface area contributed by atoms with Gasteiger partial charge in [-0.05, 0) is 60.5 Å². The molecule has 2 heterocycles. The van der Waals surface area contributed by atoms with E-state index in [1.54, 1.807) is 0 Å². The van der Waals surface area contributed by atoms with Gasteiger partial charge >= 0.3 is 0 Å². The Hall–Kier alpha value is -2.35. The molecule has 0 radical (unpaired) electrons. The van der Waals surface area contributed by atoms with Gasteiger partial charge in [0.15, 0.2) is 0 Å². The van der Waals surface area contributed by atoms with E-state index in [1.807, 2.05) is 12.1 Å². The van der Waals surface area contributed by atoms with Crippen molar-refractivity contribution in [2.75, 3.05) is 55.4 Å². The molecule has 1 fully saturated rings. The van der Waals surface area contributed by atoms with Gasteiger partial charge < -0.3 is 31.7 Å². The fourth-order valence-electron chi connectivity index (χ4n) is 3.57. The molecule has 0 unspecified atom stereocenters. The zero-order valence-corrected chi connectivity index (χ0v) is 17.3. The van der Waals surface area contributed by atoms with Gasteiger partial charge in [0.1, 0.15) is 0 Å². The number of aliphatic hydroxyl groups excluding tert-OH is 1. The minimum atomic E-state index is 0.829. The molecule has 0 aliphatic carbocycles. The lowest BCUT2D eigenvalue weighted by Crippen LogP contribution is -2.46. The number of nitrogen functional groups attached to an aromatic ring is 1. The average Bonchev–Trinajstić information content (AvgIpc) is 2.76. The maximum absolute atomic E-state index is 7.00. The Bertz CT molecular complexity index is 730. The summed E-state index contributed by atoms with van der Waals surface area (Å²) in [5.74, 6) is 0. The number of nitrogens with two attached hydrogens (primary N) is 2. The third kappa shape index (κ3) is 5.82. The Kier molecular flexibility index (Phi) is 9.00. The Balaban J connectivity index is 0.000000514. The first-order valence-corrected chi connectivity index (χ1v) is 9.96. The van der Waals surface area contributed by atoms with Crippen molar-refractivity contribution in [1.82, 2.24) is 5.32 Å². The van der Waals surface area contributed by atoms with Gasteiger partial charge in [0.25, 0.3) is 0 Å². The molecule has 2 aliphatic rings. The first-order valence-electron chi connectivity index (χ1n) is 9.49. The molecule has 6 N–H and O–H groups in total. The van der Waals surface area contributed by atoms with E-state index in [1.165, 1.54) is 22.5 Å². The number of nitrogens with zero attached hydrogens (tertiary/aromatic N) is 2. The molecular weight excluding hydrogens is 370 g/mol. The highest BCUT2D eigenvalue weighted by Crippen LogP contribution is 2.25. The molecule has 0 amide bonds. The van der Waals surface area contributed by atoms with Crippen LogP contribution < -0.4 is 26.6 Å². The molecule has 7 heteroatoms. The Morgan fingerprint density at radius 1 is 0.929 bits per heavy atom. The van der Waals surface area contributed by atoms with Gasteiger partial charge in [-0.15, -0.1) is 0 Å². The summed E-state index contributed by atoms with van der Waals surface area (Å²) >= 11 is 4.05. The summed E-state index contributed by atoms with van der Waals surface area (Å²) in [6.45, 7) is 6.35. The van der Waals surface area contributed by atoms with Crippen molar-refractivity contribution in [1.29, 1.82) is 0 Å². The normalized spacial score (nSPS) is 15.4. The molecule has 4 rings (SSSR count). The minimum Gasteiger partial charge on any atom is -0.400 e. The second kappa shape index (κ2) is 11.5. The molecule has 0 atom stereocenters. The van der Waals surface area contributed by atoms with E-state index in [2.05, 4.69) is 63.4 Å². The van der Waals surface area contributed by atoms with Crippen LogP contribution in [0, 0.1) is 0 Å². The molecule has 6 nitrogen and oxygen atoms in total. The van der Waals surface area contributed by atoms with Crippen LogP contribution >= 0.6 is 12.2 Å². The van der Waals surface area contributed by atoms with Crippen LogP contribution in [0.4, 0.5) is 17.1 Å². The van der Waals surface area contributed by atoms with Gasteiger partial charge in [-0.25, -0.2) is 0 Å². The molecule has 0 spiro atoms. The molecule has 2 aliphatic heterocycles. The van der Waals surface area contributed by atoms with Gasteiger partial charge in [0.05, 0.1) is 5.49 Å². The standard InChI is InChI=1S/C19H24N4.CH3NS.CH4O/c20-17-2-5-18(6-3-17)22-9-11-23(12-10-22)19-4-1-15-7-8-21-14-16(15)13-19;2-1-3;1-2/h1-6,13,21H,7-12,14,20H2;1H,(H2,2,3);2H,1H3. The smallest absolute Gasteiger partial charge is 0.0588 e. The number of piperazine rings is 1. The fraction of sp³-hybridized carbons (Fsp3) is 0.381. The van der Waals surface area contributed by atoms with Crippen molar-refractivity contribution in [3.05, 3.63) is 53.6 Å². The van der Waals surface area contributed by atoms with E-state index in [0.717, 1.165) is 64.0 Å².